The van der Waals surface area contributed by atoms with Gasteiger partial charge in [0.25, 0.3) is 11.8 Å². The number of aromatic nitrogens is 1. The summed E-state index contributed by atoms with van der Waals surface area (Å²) in [4.78, 5) is 82.8. The molecule has 1 aromatic heterocycles. The molecule has 0 unspecified atom stereocenters. The maximum atomic E-state index is 14.2. The Morgan fingerprint density at radius 3 is 2.03 bits per heavy atom. The van der Waals surface area contributed by atoms with Crippen LogP contribution in [0.4, 0.5) is 46.3 Å². The summed E-state index contributed by atoms with van der Waals surface area (Å²) in [5, 5.41) is 6.92. The highest BCUT2D eigenvalue weighted by Crippen LogP contribution is 2.49. The number of hydrogen-bond acceptors (Lipinski definition) is 13. The molecule has 4 heterocycles. The van der Waals surface area contributed by atoms with E-state index in [9.17, 15) is 54.7 Å². The molecule has 2 N–H and O–H groups in total. The Hall–Kier alpha value is -7.10. The average molecular weight is 1480 g/mol. The zero-order valence-corrected chi connectivity index (χ0v) is 59.6. The summed E-state index contributed by atoms with van der Waals surface area (Å²) in [6, 6.07) is 31.9. The van der Waals surface area contributed by atoms with Gasteiger partial charge in [-0.3, -0.25) is 24.5 Å². The first-order chi connectivity index (χ1) is 46.4. The molecule has 0 saturated carbocycles. The largest absolute Gasteiger partial charge is 0.446 e. The Balaban J connectivity index is 0.00000468. The predicted octanol–water partition coefficient (Wildman–Crippen LogP) is 14.0. The summed E-state index contributed by atoms with van der Waals surface area (Å²) >= 11 is 1.30. The SMILES string of the molecule is Cc1nc(NCCCCCC(=O)N(C)CCN2CCC(OC(=O)Nc3ccccc3-c3ccccc3)CC2)sc1C(=O)N(C)CCCN(C)C(=O)CO[C@H]1Cc2ccccc2C12CCN(CC[C@]1(c3ccc(F)cc3)CN(C(=O)c3cc(C(F)(F)F)cc(C(F)(F)F)c3)CO1)CC2.Cl.Cl.Cl. The van der Waals surface area contributed by atoms with Gasteiger partial charge in [-0.25, -0.2) is 14.2 Å². The number of fused-ring (bicyclic) bond motifs is 2. The maximum Gasteiger partial charge on any atom is 0.416 e. The molecule has 2 atom stereocenters. The number of halogens is 10. The second-order valence-electron chi connectivity index (χ2n) is 25.8. The summed E-state index contributed by atoms with van der Waals surface area (Å²) in [7, 11) is 5.28. The van der Waals surface area contributed by atoms with Gasteiger partial charge < -0.3 is 48.9 Å². The number of alkyl halides is 6. The van der Waals surface area contributed by atoms with E-state index in [-0.39, 0.29) is 92.8 Å². The van der Waals surface area contributed by atoms with Gasteiger partial charge in [-0.15, -0.1) is 37.2 Å². The number of para-hydroxylation sites is 1. The Labute approximate surface area is 601 Å². The van der Waals surface area contributed by atoms with E-state index < -0.39 is 64.6 Å². The van der Waals surface area contributed by atoms with Crippen LogP contribution in [0.3, 0.4) is 0 Å². The molecular formula is C72H87Cl3F7N9O8S. The minimum Gasteiger partial charge on any atom is -0.446 e. The van der Waals surface area contributed by atoms with Gasteiger partial charge >= 0.3 is 18.4 Å². The Bertz CT molecular complexity index is 3680. The number of rotatable bonds is 26. The van der Waals surface area contributed by atoms with E-state index in [1.54, 1.807) is 28.8 Å². The van der Waals surface area contributed by atoms with Crippen LogP contribution in [0.25, 0.3) is 11.1 Å². The van der Waals surface area contributed by atoms with Crippen molar-refractivity contribution >= 4 is 89.1 Å². The molecule has 5 amide bonds. The zero-order valence-electron chi connectivity index (χ0n) is 56.3. The third-order valence-corrected chi connectivity index (χ3v) is 20.4. The van der Waals surface area contributed by atoms with Crippen molar-refractivity contribution in [2.24, 2.45) is 0 Å². The summed E-state index contributed by atoms with van der Waals surface area (Å²) < 4.78 is 116. The van der Waals surface area contributed by atoms with Crippen LogP contribution < -0.4 is 10.6 Å². The molecule has 4 aliphatic rings. The standard InChI is InChI=1S/C72H84F7N9O8S.3ClH/c1-49-64(97-67(81-49)80-32-14-6-9-22-62(89)84(3)40-41-86-35-27-57(28-36-86)96-68(93)82-60-21-13-11-19-58(60)50-16-7-5-8-17-50)66(92)85(4)34-15-33-83(2)63(90)46-94-61-44-51-18-10-12-20-59(51)69(61)29-37-87(38-30-69)39-31-70(53-23-25-56(73)26-24-53)47-88(48-95-70)65(91)52-42-54(71(74,75)76)45-55(43-52)72(77,78)79;;;/h5,7-8,10-13,16-21,23-26,42-43,45,57,61H,6,9,14-15,22,27-41,44,46-48H2,1-4H3,(H,80,81)(H,82,93);3*1H/t61-,70+;;;/m0.../s1. The van der Waals surface area contributed by atoms with E-state index in [0.717, 1.165) is 78.9 Å². The molecule has 544 valence electrons. The zero-order chi connectivity index (χ0) is 69.1. The lowest BCUT2D eigenvalue weighted by Gasteiger charge is -2.44. The number of amides is 5. The highest BCUT2D eigenvalue weighted by molar-refractivity contribution is 7.17. The summed E-state index contributed by atoms with van der Waals surface area (Å²) in [5.41, 5.74) is 0.347. The second-order valence-corrected chi connectivity index (χ2v) is 26.8. The van der Waals surface area contributed by atoms with Gasteiger partial charge in [0.15, 0.2) is 5.13 Å². The van der Waals surface area contributed by atoms with E-state index in [0.29, 0.717) is 117 Å². The smallest absolute Gasteiger partial charge is 0.416 e. The number of carbonyl (C=O) groups is 5. The quantitative estimate of drug-likeness (QED) is 0.0390. The third-order valence-electron chi connectivity index (χ3n) is 19.3. The minimum absolute atomic E-state index is 0. The maximum absolute atomic E-state index is 14.2. The van der Waals surface area contributed by atoms with Gasteiger partial charge in [0.2, 0.25) is 11.8 Å². The number of nitrogens with one attached hydrogen (secondary N) is 2. The minimum atomic E-state index is -5.15. The lowest BCUT2D eigenvalue weighted by molar-refractivity contribution is -0.143. The molecule has 0 radical (unpaired) electrons. The molecule has 6 aromatic rings. The first-order valence-corrected chi connectivity index (χ1v) is 33.9. The predicted molar refractivity (Wildman–Crippen MR) is 377 cm³/mol. The van der Waals surface area contributed by atoms with Crippen molar-refractivity contribution in [2.45, 2.75) is 113 Å². The number of nitrogens with zero attached hydrogens (tertiary/aromatic N) is 7. The van der Waals surface area contributed by atoms with Gasteiger partial charge in [0.05, 0.1) is 35.2 Å². The van der Waals surface area contributed by atoms with Crippen LogP contribution >= 0.6 is 48.6 Å². The molecule has 17 nitrogen and oxygen atoms in total. The number of aryl methyl sites for hydroxylation is 1. The van der Waals surface area contributed by atoms with Crippen LogP contribution in [0, 0.1) is 12.7 Å². The molecule has 1 spiro atoms. The van der Waals surface area contributed by atoms with Gasteiger partial charge in [-0.1, -0.05) is 103 Å². The van der Waals surface area contributed by atoms with E-state index in [4.69, 9.17) is 14.2 Å². The van der Waals surface area contributed by atoms with Crippen LogP contribution in [0.5, 0.6) is 0 Å². The van der Waals surface area contributed by atoms with E-state index in [1.807, 2.05) is 80.7 Å². The number of anilines is 2. The lowest BCUT2D eigenvalue weighted by atomic mass is 9.72. The molecule has 3 saturated heterocycles. The molecule has 10 rings (SSSR count). The number of likely N-dealkylation sites (N-methyl/N-ethyl adjacent to an activating group) is 2. The van der Waals surface area contributed by atoms with Crippen molar-refractivity contribution in [3.8, 4) is 11.1 Å². The summed E-state index contributed by atoms with van der Waals surface area (Å²) in [6.45, 7) is 6.95. The van der Waals surface area contributed by atoms with Crippen molar-refractivity contribution in [2.75, 3.05) is 117 Å². The van der Waals surface area contributed by atoms with E-state index in [2.05, 4.69) is 37.6 Å². The second kappa shape index (κ2) is 35.7. The first kappa shape index (κ1) is 80.2. The van der Waals surface area contributed by atoms with Gasteiger partial charge in [-0.05, 0) is 136 Å². The average Bonchev–Trinajstić information content (AvgIpc) is 1.58. The Kier molecular flexibility index (Phi) is 28.6. The molecule has 3 fully saturated rings. The molecule has 5 aromatic carbocycles. The van der Waals surface area contributed by atoms with E-state index in [1.165, 1.54) is 35.6 Å². The van der Waals surface area contributed by atoms with E-state index >= 15 is 0 Å². The van der Waals surface area contributed by atoms with Crippen LogP contribution in [0.1, 0.15) is 118 Å². The molecule has 1 aliphatic carbocycles. The van der Waals surface area contributed by atoms with Crippen LogP contribution in [0.2, 0.25) is 0 Å². The molecule has 0 bridgehead atoms. The number of ether oxygens (including phenoxy) is 3. The number of carbonyl (C=O) groups excluding carboxylic acids is 5. The van der Waals surface area contributed by atoms with Crippen LogP contribution in [0.15, 0.2) is 121 Å². The summed E-state index contributed by atoms with van der Waals surface area (Å²) in [6.07, 6.45) is -4.24. The van der Waals surface area contributed by atoms with Crippen molar-refractivity contribution in [3.63, 3.8) is 0 Å². The number of piperidine rings is 2. The fraction of sp³-hybridized carbons (Fsp3) is 0.472. The van der Waals surface area contributed by atoms with Gasteiger partial charge in [0, 0.05) is 96.5 Å². The summed E-state index contributed by atoms with van der Waals surface area (Å²) in [5.74, 6) is -1.87. The molecular weight excluding hydrogens is 1390 g/mol. The van der Waals surface area contributed by atoms with Gasteiger partial charge in [0.1, 0.15) is 35.7 Å². The number of benzene rings is 5. The molecule has 3 aliphatic heterocycles. The molecule has 28 heteroatoms. The van der Waals surface area contributed by atoms with Crippen molar-refractivity contribution < 1.29 is 68.9 Å². The number of unbranched alkanes of at least 4 members (excludes halogenated alkanes) is 2. The van der Waals surface area contributed by atoms with Crippen LogP contribution in [-0.4, -0.2) is 183 Å². The van der Waals surface area contributed by atoms with Crippen molar-refractivity contribution in [3.05, 3.63) is 171 Å². The Morgan fingerprint density at radius 2 is 1.34 bits per heavy atom. The van der Waals surface area contributed by atoms with Crippen molar-refractivity contribution in [1.29, 1.82) is 0 Å². The highest BCUT2D eigenvalue weighted by atomic mass is 35.5. The number of likely N-dealkylation sites (tertiary alicyclic amines) is 2. The first-order valence-electron chi connectivity index (χ1n) is 33.1. The molecule has 100 heavy (non-hydrogen) atoms. The lowest BCUT2D eigenvalue weighted by Crippen LogP contribution is -2.50. The fourth-order valence-corrected chi connectivity index (χ4v) is 14.6. The fourth-order valence-electron chi connectivity index (χ4n) is 13.6. The third kappa shape index (κ3) is 20.2. The topological polar surface area (TPSA) is 169 Å². The van der Waals surface area contributed by atoms with Crippen LogP contribution in [-0.2, 0) is 53.6 Å². The monoisotopic (exact) mass is 1480 g/mol. The van der Waals surface area contributed by atoms with Gasteiger partial charge in [-0.2, -0.15) is 26.3 Å². The highest BCUT2D eigenvalue weighted by Gasteiger charge is 2.50. The Morgan fingerprint density at radius 1 is 0.710 bits per heavy atom. The number of hydrogen-bond donors (Lipinski definition) is 2. The normalized spacial score (nSPS) is 17.7. The van der Waals surface area contributed by atoms with Crippen molar-refractivity contribution in [1.82, 2.24) is 34.4 Å². The number of thiazole rings is 1.